The Morgan fingerprint density at radius 2 is 2.38 bits per heavy atom. The van der Waals surface area contributed by atoms with E-state index in [9.17, 15) is 4.79 Å². The molecule has 0 spiro atoms. The van der Waals surface area contributed by atoms with Gasteiger partial charge in [-0.15, -0.1) is 0 Å². The molecule has 0 aromatic rings. The Hall–Kier alpha value is -0.790. The summed E-state index contributed by atoms with van der Waals surface area (Å²) in [5, 5.41) is 0. The monoisotopic (exact) mass is 182 g/mol. The highest BCUT2D eigenvalue weighted by Crippen LogP contribution is 2.40. The minimum absolute atomic E-state index is 0.301. The molecule has 74 valence electrons. The van der Waals surface area contributed by atoms with Crippen LogP contribution in [0.4, 0.5) is 0 Å². The van der Waals surface area contributed by atoms with Crippen LogP contribution >= 0.6 is 0 Å². The molecule has 2 nitrogen and oxygen atoms in total. The summed E-state index contributed by atoms with van der Waals surface area (Å²) in [6.07, 6.45) is 4.80. The average molecular weight is 182 g/mol. The first-order valence-corrected chi connectivity index (χ1v) is 4.83. The van der Waals surface area contributed by atoms with Crippen LogP contribution < -0.4 is 0 Å². The lowest BCUT2D eigenvalue weighted by molar-refractivity contribution is -0.139. The molecule has 1 fully saturated rings. The maximum absolute atomic E-state index is 10.8. The van der Waals surface area contributed by atoms with Gasteiger partial charge in [0, 0.05) is 6.08 Å². The molecule has 0 N–H and O–H groups in total. The van der Waals surface area contributed by atoms with Crippen molar-refractivity contribution >= 4 is 5.97 Å². The highest BCUT2D eigenvalue weighted by molar-refractivity contribution is 5.81. The molecule has 0 radical (unpaired) electrons. The normalized spacial score (nSPS) is 25.5. The molecule has 1 rings (SSSR count). The number of hydrogen-bond acceptors (Lipinski definition) is 2. The molecule has 1 unspecified atom stereocenters. The van der Waals surface area contributed by atoms with Crippen LogP contribution in [0.25, 0.3) is 0 Å². The number of carbonyl (C=O) groups is 1. The summed E-state index contributed by atoms with van der Waals surface area (Å²) in [6, 6.07) is 0. The maximum Gasteiger partial charge on any atom is 0.330 e. The predicted octanol–water partition coefficient (Wildman–Crippen LogP) is 2.54. The minimum Gasteiger partial charge on any atom is -0.462 e. The van der Waals surface area contributed by atoms with Gasteiger partial charge in [0.1, 0.15) is 0 Å². The predicted molar refractivity (Wildman–Crippen MR) is 52.3 cm³/mol. The quantitative estimate of drug-likeness (QED) is 0.495. The minimum atomic E-state index is -0.301. The van der Waals surface area contributed by atoms with E-state index in [0.717, 1.165) is 6.42 Å². The molecule has 0 bridgehead atoms. The molecule has 0 aromatic carbocycles. The summed E-state index contributed by atoms with van der Waals surface area (Å²) in [6.45, 7) is 8.46. The molecule has 0 amide bonds. The van der Waals surface area contributed by atoms with Gasteiger partial charge in [-0.1, -0.05) is 20.4 Å². The summed E-state index contributed by atoms with van der Waals surface area (Å²) in [5.41, 5.74) is 0.436. The van der Waals surface area contributed by atoms with E-state index in [1.54, 1.807) is 0 Å². The van der Waals surface area contributed by atoms with Crippen LogP contribution in [0.15, 0.2) is 12.7 Å². The van der Waals surface area contributed by atoms with Crippen molar-refractivity contribution < 1.29 is 9.53 Å². The van der Waals surface area contributed by atoms with Crippen molar-refractivity contribution in [1.82, 2.24) is 0 Å². The second-order valence-corrected chi connectivity index (χ2v) is 4.61. The highest BCUT2D eigenvalue weighted by Gasteiger charge is 2.31. The van der Waals surface area contributed by atoms with Crippen LogP contribution in [0.2, 0.25) is 0 Å². The fraction of sp³-hybridized carbons (Fsp3) is 0.727. The van der Waals surface area contributed by atoms with Gasteiger partial charge in [0.25, 0.3) is 0 Å². The summed E-state index contributed by atoms with van der Waals surface area (Å²) >= 11 is 0. The highest BCUT2D eigenvalue weighted by atomic mass is 16.5. The number of rotatable bonds is 3. The van der Waals surface area contributed by atoms with Crippen molar-refractivity contribution in [3.8, 4) is 0 Å². The lowest BCUT2D eigenvalue weighted by Gasteiger charge is -2.16. The first kappa shape index (κ1) is 10.3. The van der Waals surface area contributed by atoms with Gasteiger partial charge < -0.3 is 4.74 Å². The van der Waals surface area contributed by atoms with Crippen molar-refractivity contribution in [2.45, 2.75) is 33.1 Å². The summed E-state index contributed by atoms with van der Waals surface area (Å²) in [4.78, 5) is 10.8. The molecule has 1 atom stereocenters. The van der Waals surface area contributed by atoms with Gasteiger partial charge in [0.15, 0.2) is 0 Å². The molecule has 0 aromatic heterocycles. The molecule has 0 aliphatic heterocycles. The number of hydrogen-bond donors (Lipinski definition) is 0. The van der Waals surface area contributed by atoms with Crippen molar-refractivity contribution in [1.29, 1.82) is 0 Å². The second kappa shape index (κ2) is 3.95. The zero-order valence-electron chi connectivity index (χ0n) is 8.51. The van der Waals surface area contributed by atoms with Gasteiger partial charge in [0.05, 0.1) is 6.61 Å². The third kappa shape index (κ3) is 3.21. The second-order valence-electron chi connectivity index (χ2n) is 4.61. The Morgan fingerprint density at radius 3 is 2.85 bits per heavy atom. The van der Waals surface area contributed by atoms with E-state index in [2.05, 4.69) is 20.4 Å². The zero-order chi connectivity index (χ0) is 9.90. The Kier molecular flexibility index (Phi) is 3.12. The largest absolute Gasteiger partial charge is 0.462 e. The Labute approximate surface area is 80.0 Å². The lowest BCUT2D eigenvalue weighted by Crippen LogP contribution is -2.12. The van der Waals surface area contributed by atoms with E-state index in [0.29, 0.717) is 17.9 Å². The van der Waals surface area contributed by atoms with Crippen LogP contribution in [0.5, 0.6) is 0 Å². The summed E-state index contributed by atoms with van der Waals surface area (Å²) in [7, 11) is 0. The van der Waals surface area contributed by atoms with Gasteiger partial charge in [-0.25, -0.2) is 4.79 Å². The Morgan fingerprint density at radius 1 is 1.69 bits per heavy atom. The Balaban J connectivity index is 2.25. The van der Waals surface area contributed by atoms with E-state index in [-0.39, 0.29) is 5.97 Å². The molecular weight excluding hydrogens is 164 g/mol. The van der Waals surface area contributed by atoms with E-state index in [4.69, 9.17) is 4.74 Å². The molecule has 1 saturated carbocycles. The SMILES string of the molecule is C=CC(=O)OCC1CCC(C)(C)C1. The number of carbonyl (C=O) groups excluding carboxylic acids is 1. The van der Waals surface area contributed by atoms with E-state index < -0.39 is 0 Å². The average Bonchev–Trinajstić information content (AvgIpc) is 2.41. The molecule has 0 heterocycles. The van der Waals surface area contributed by atoms with Crippen molar-refractivity contribution in [2.24, 2.45) is 11.3 Å². The molecular formula is C11H18O2. The van der Waals surface area contributed by atoms with Crippen LogP contribution in [0.1, 0.15) is 33.1 Å². The van der Waals surface area contributed by atoms with Crippen molar-refractivity contribution in [3.05, 3.63) is 12.7 Å². The number of ether oxygens (including phenoxy) is 1. The van der Waals surface area contributed by atoms with Crippen LogP contribution in [-0.2, 0) is 9.53 Å². The fourth-order valence-electron chi connectivity index (χ4n) is 1.98. The maximum atomic E-state index is 10.8. The van der Waals surface area contributed by atoms with E-state index in [1.807, 2.05) is 0 Å². The van der Waals surface area contributed by atoms with Crippen LogP contribution in [-0.4, -0.2) is 12.6 Å². The third-order valence-corrected chi connectivity index (χ3v) is 2.70. The van der Waals surface area contributed by atoms with E-state index >= 15 is 0 Å². The van der Waals surface area contributed by atoms with Crippen LogP contribution in [0.3, 0.4) is 0 Å². The molecule has 2 heteroatoms. The number of esters is 1. The van der Waals surface area contributed by atoms with E-state index in [1.165, 1.54) is 18.9 Å². The van der Waals surface area contributed by atoms with Gasteiger partial charge in [0.2, 0.25) is 0 Å². The molecule has 13 heavy (non-hydrogen) atoms. The third-order valence-electron chi connectivity index (χ3n) is 2.70. The van der Waals surface area contributed by atoms with Crippen molar-refractivity contribution in [3.63, 3.8) is 0 Å². The van der Waals surface area contributed by atoms with Gasteiger partial charge >= 0.3 is 5.97 Å². The van der Waals surface area contributed by atoms with Gasteiger partial charge in [-0.05, 0) is 30.6 Å². The van der Waals surface area contributed by atoms with Gasteiger partial charge in [-0.2, -0.15) is 0 Å². The standard InChI is InChI=1S/C11H18O2/c1-4-10(12)13-8-9-5-6-11(2,3)7-9/h4,9H,1,5-8H2,2-3H3. The molecule has 1 aliphatic carbocycles. The topological polar surface area (TPSA) is 26.3 Å². The Bertz CT molecular complexity index is 206. The zero-order valence-corrected chi connectivity index (χ0v) is 8.51. The fourth-order valence-corrected chi connectivity index (χ4v) is 1.98. The first-order valence-electron chi connectivity index (χ1n) is 4.83. The molecule has 0 saturated heterocycles. The van der Waals surface area contributed by atoms with Crippen molar-refractivity contribution in [2.75, 3.05) is 6.61 Å². The van der Waals surface area contributed by atoms with Gasteiger partial charge in [-0.3, -0.25) is 0 Å². The lowest BCUT2D eigenvalue weighted by atomic mass is 9.91. The smallest absolute Gasteiger partial charge is 0.330 e. The first-order chi connectivity index (χ1) is 6.03. The summed E-state index contributed by atoms with van der Waals surface area (Å²) in [5.74, 6) is 0.253. The summed E-state index contributed by atoms with van der Waals surface area (Å²) < 4.78 is 5.01. The van der Waals surface area contributed by atoms with Crippen LogP contribution in [0, 0.1) is 11.3 Å². The molecule has 1 aliphatic rings.